The number of hydrogen-bond acceptors (Lipinski definition) is 5. The molecule has 2 N–H and O–H groups in total. The largest absolute Gasteiger partial charge is 0.480 e. The van der Waals surface area contributed by atoms with Crippen molar-refractivity contribution in [3.05, 3.63) is 17.0 Å². The van der Waals surface area contributed by atoms with E-state index >= 15 is 0 Å². The first-order chi connectivity index (χ1) is 9.11. The molecule has 1 amide bonds. The Bertz CT molecular complexity index is 603. The van der Waals surface area contributed by atoms with Gasteiger partial charge in [-0.05, 0) is 24.5 Å². The van der Waals surface area contributed by atoms with Gasteiger partial charge in [-0.2, -0.15) is 0 Å². The second-order valence-corrected chi connectivity index (χ2v) is 8.21. The van der Waals surface area contributed by atoms with Crippen LogP contribution in [0.3, 0.4) is 0 Å². The summed E-state index contributed by atoms with van der Waals surface area (Å²) in [6, 6.07) is 1.74. The number of carboxylic acids is 1. The van der Waals surface area contributed by atoms with Gasteiger partial charge in [0.2, 0.25) is 0 Å². The van der Waals surface area contributed by atoms with Crippen molar-refractivity contribution in [3.8, 4) is 0 Å². The molecule has 0 saturated carbocycles. The normalized spacial score (nSPS) is 13.2. The first-order valence-electron chi connectivity index (χ1n) is 5.95. The highest BCUT2D eigenvalue weighted by molar-refractivity contribution is 7.92. The van der Waals surface area contributed by atoms with Gasteiger partial charge >= 0.3 is 5.97 Å². The van der Waals surface area contributed by atoms with Crippen molar-refractivity contribution in [2.24, 2.45) is 5.92 Å². The monoisotopic (exact) mass is 319 g/mol. The molecule has 0 bridgehead atoms. The average molecular weight is 319 g/mol. The highest BCUT2D eigenvalue weighted by atomic mass is 32.2. The number of thiophene rings is 1. The van der Waals surface area contributed by atoms with E-state index in [1.807, 2.05) is 13.8 Å². The van der Waals surface area contributed by atoms with Crippen LogP contribution in [-0.4, -0.2) is 37.7 Å². The lowest BCUT2D eigenvalue weighted by molar-refractivity contribution is -0.139. The minimum atomic E-state index is -3.36. The van der Waals surface area contributed by atoms with Gasteiger partial charge in [-0.15, -0.1) is 11.3 Å². The van der Waals surface area contributed by atoms with Crippen LogP contribution in [0.25, 0.3) is 0 Å². The molecular weight excluding hydrogens is 302 g/mol. The van der Waals surface area contributed by atoms with Crippen molar-refractivity contribution < 1.29 is 23.1 Å². The van der Waals surface area contributed by atoms with Crippen LogP contribution in [0.2, 0.25) is 0 Å². The number of hydrogen-bond donors (Lipinski definition) is 2. The maximum atomic E-state index is 11.9. The number of sulfone groups is 1. The number of carboxylic acid groups (broad SMARTS) is 1. The molecule has 0 aromatic carbocycles. The van der Waals surface area contributed by atoms with Crippen molar-refractivity contribution in [1.29, 1.82) is 0 Å². The Labute approximate surface area is 121 Å². The molecule has 1 aromatic rings. The lowest BCUT2D eigenvalue weighted by Gasteiger charge is -2.15. The standard InChI is InChI=1S/C12H17NO5S2/c1-7(2)6-8(12(15)16)13-11(14)9-4-5-10(19-9)20(3,17)18/h4-5,7-8H,6H2,1-3H3,(H,13,14)(H,15,16)/t8-/m1/s1. The zero-order valence-electron chi connectivity index (χ0n) is 11.4. The van der Waals surface area contributed by atoms with Crippen molar-refractivity contribution in [2.75, 3.05) is 6.26 Å². The lowest BCUT2D eigenvalue weighted by Crippen LogP contribution is -2.41. The number of aliphatic carboxylic acids is 1. The van der Waals surface area contributed by atoms with Crippen LogP contribution in [0.15, 0.2) is 16.3 Å². The highest BCUT2D eigenvalue weighted by Crippen LogP contribution is 2.21. The van der Waals surface area contributed by atoms with Crippen LogP contribution in [0.1, 0.15) is 29.9 Å². The third kappa shape index (κ3) is 4.61. The fourth-order valence-electron chi connectivity index (χ4n) is 1.56. The van der Waals surface area contributed by atoms with E-state index in [1.54, 1.807) is 0 Å². The first kappa shape index (κ1) is 16.6. The Morgan fingerprint density at radius 3 is 2.35 bits per heavy atom. The third-order valence-corrected chi connectivity index (χ3v) is 5.39. The van der Waals surface area contributed by atoms with Crippen LogP contribution in [0, 0.1) is 5.92 Å². The Balaban J connectivity index is 2.84. The van der Waals surface area contributed by atoms with Gasteiger partial charge in [0.05, 0.1) is 4.88 Å². The number of rotatable bonds is 6. The zero-order valence-corrected chi connectivity index (χ0v) is 13.0. The van der Waals surface area contributed by atoms with Gasteiger partial charge in [0.25, 0.3) is 5.91 Å². The molecule has 0 spiro atoms. The van der Waals surface area contributed by atoms with Crippen molar-refractivity contribution in [1.82, 2.24) is 5.32 Å². The summed E-state index contributed by atoms with van der Waals surface area (Å²) in [6.07, 6.45) is 1.37. The van der Waals surface area contributed by atoms with Crippen LogP contribution in [-0.2, 0) is 14.6 Å². The van der Waals surface area contributed by atoms with Gasteiger partial charge in [-0.3, -0.25) is 4.79 Å². The van der Waals surface area contributed by atoms with E-state index in [9.17, 15) is 18.0 Å². The van der Waals surface area contributed by atoms with Gasteiger partial charge in [-0.25, -0.2) is 13.2 Å². The molecule has 6 nitrogen and oxygen atoms in total. The SMILES string of the molecule is CC(C)C[C@@H](NC(=O)c1ccc(S(C)(=O)=O)s1)C(=O)O. The van der Waals surface area contributed by atoms with Crippen molar-refractivity contribution in [2.45, 2.75) is 30.5 Å². The van der Waals surface area contributed by atoms with E-state index in [0.29, 0.717) is 6.42 Å². The predicted molar refractivity (Wildman–Crippen MR) is 75.8 cm³/mol. The molecular formula is C12H17NO5S2. The molecule has 0 saturated heterocycles. The zero-order chi connectivity index (χ0) is 15.5. The van der Waals surface area contributed by atoms with E-state index in [0.717, 1.165) is 17.6 Å². The molecule has 0 fully saturated rings. The summed E-state index contributed by atoms with van der Waals surface area (Å²) in [7, 11) is -3.36. The molecule has 112 valence electrons. The smallest absolute Gasteiger partial charge is 0.326 e. The summed E-state index contributed by atoms with van der Waals surface area (Å²) >= 11 is 0.828. The van der Waals surface area contributed by atoms with Crippen LogP contribution >= 0.6 is 11.3 Å². The first-order valence-corrected chi connectivity index (χ1v) is 8.65. The molecule has 0 radical (unpaired) electrons. The summed E-state index contributed by atoms with van der Waals surface area (Å²) in [5, 5.41) is 11.5. The Hall–Kier alpha value is -1.41. The molecule has 0 aliphatic heterocycles. The summed E-state index contributed by atoms with van der Waals surface area (Å²) in [6.45, 7) is 3.71. The summed E-state index contributed by atoms with van der Waals surface area (Å²) < 4.78 is 22.7. The van der Waals surface area contributed by atoms with Crippen LogP contribution < -0.4 is 5.32 Å². The Morgan fingerprint density at radius 2 is 1.95 bits per heavy atom. The number of amides is 1. The molecule has 20 heavy (non-hydrogen) atoms. The molecule has 0 aliphatic rings. The van der Waals surface area contributed by atoms with Crippen LogP contribution in [0.4, 0.5) is 0 Å². The molecule has 1 heterocycles. The minimum Gasteiger partial charge on any atom is -0.480 e. The quantitative estimate of drug-likeness (QED) is 0.825. The van der Waals surface area contributed by atoms with Crippen LogP contribution in [0.5, 0.6) is 0 Å². The maximum Gasteiger partial charge on any atom is 0.326 e. The third-order valence-electron chi connectivity index (χ3n) is 2.48. The fourth-order valence-corrected chi connectivity index (χ4v) is 3.39. The summed E-state index contributed by atoms with van der Waals surface area (Å²) in [4.78, 5) is 23.2. The molecule has 8 heteroatoms. The number of carbonyl (C=O) groups is 2. The molecule has 0 unspecified atom stereocenters. The molecule has 1 atom stereocenters. The van der Waals surface area contributed by atoms with Crippen molar-refractivity contribution in [3.63, 3.8) is 0 Å². The number of carbonyl (C=O) groups excluding carboxylic acids is 1. The molecule has 1 rings (SSSR count). The van der Waals surface area contributed by atoms with E-state index in [-0.39, 0.29) is 15.0 Å². The van der Waals surface area contributed by atoms with Gasteiger partial charge in [0.15, 0.2) is 9.84 Å². The summed E-state index contributed by atoms with van der Waals surface area (Å²) in [5.74, 6) is -1.56. The van der Waals surface area contributed by atoms with Gasteiger partial charge in [0, 0.05) is 6.26 Å². The van der Waals surface area contributed by atoms with E-state index in [2.05, 4.69) is 5.32 Å². The average Bonchev–Trinajstić information content (AvgIpc) is 2.75. The highest BCUT2D eigenvalue weighted by Gasteiger charge is 2.23. The maximum absolute atomic E-state index is 11.9. The van der Waals surface area contributed by atoms with E-state index < -0.39 is 27.8 Å². The molecule has 0 aliphatic carbocycles. The van der Waals surface area contributed by atoms with E-state index in [1.165, 1.54) is 12.1 Å². The van der Waals surface area contributed by atoms with Crippen molar-refractivity contribution >= 4 is 33.1 Å². The topological polar surface area (TPSA) is 101 Å². The Morgan fingerprint density at radius 1 is 1.35 bits per heavy atom. The lowest BCUT2D eigenvalue weighted by atomic mass is 10.0. The Kier molecular flexibility index (Phi) is 5.29. The minimum absolute atomic E-state index is 0.0818. The second kappa shape index (κ2) is 6.36. The van der Waals surface area contributed by atoms with E-state index in [4.69, 9.17) is 5.11 Å². The fraction of sp³-hybridized carbons (Fsp3) is 0.500. The molecule has 1 aromatic heterocycles. The van der Waals surface area contributed by atoms with Gasteiger partial charge < -0.3 is 10.4 Å². The summed E-state index contributed by atoms with van der Waals surface area (Å²) in [5.41, 5.74) is 0. The van der Waals surface area contributed by atoms with Gasteiger partial charge in [-0.1, -0.05) is 13.8 Å². The number of nitrogens with one attached hydrogen (secondary N) is 1. The predicted octanol–water partition coefficient (Wildman–Crippen LogP) is 1.38. The second-order valence-electron chi connectivity index (χ2n) is 4.88. The van der Waals surface area contributed by atoms with Gasteiger partial charge in [0.1, 0.15) is 10.3 Å².